The topological polar surface area (TPSA) is 32.6 Å². The van der Waals surface area contributed by atoms with Crippen molar-refractivity contribution in [3.05, 3.63) is 35.9 Å². The van der Waals surface area contributed by atoms with Gasteiger partial charge in [-0.15, -0.1) is 0 Å². The standard InChI is InChI=1S/C26H37NO/c1-25-14-12-20(28)16-19(25)8-9-21-22-10-11-24(26(22,2)15-13-23(21)25)27-17-18-6-4-3-5-7-18/h3-7,17,19-24,28H,8-16H2,1-2H3. The van der Waals surface area contributed by atoms with Gasteiger partial charge in [-0.3, -0.25) is 4.99 Å². The van der Waals surface area contributed by atoms with Crippen LogP contribution in [-0.2, 0) is 0 Å². The van der Waals surface area contributed by atoms with Crippen molar-refractivity contribution in [2.24, 2.45) is 39.5 Å². The summed E-state index contributed by atoms with van der Waals surface area (Å²) >= 11 is 0. The molecule has 5 rings (SSSR count). The van der Waals surface area contributed by atoms with E-state index in [9.17, 15) is 5.11 Å². The normalized spacial score (nSPS) is 48.1. The number of fused-ring (bicyclic) bond motifs is 5. The number of aliphatic hydroxyl groups is 1. The van der Waals surface area contributed by atoms with Gasteiger partial charge in [0.25, 0.3) is 0 Å². The smallest absolute Gasteiger partial charge is 0.0556 e. The Morgan fingerprint density at radius 3 is 2.46 bits per heavy atom. The van der Waals surface area contributed by atoms with E-state index < -0.39 is 0 Å². The second-order valence-corrected chi connectivity index (χ2v) is 10.9. The fraction of sp³-hybridized carbons (Fsp3) is 0.731. The highest BCUT2D eigenvalue weighted by Crippen LogP contribution is 2.66. The zero-order valence-electron chi connectivity index (χ0n) is 17.7. The molecule has 0 spiro atoms. The Morgan fingerprint density at radius 2 is 1.64 bits per heavy atom. The summed E-state index contributed by atoms with van der Waals surface area (Å²) in [6.45, 7) is 5.15. The second kappa shape index (κ2) is 6.97. The third-order valence-electron chi connectivity index (χ3n) is 9.79. The summed E-state index contributed by atoms with van der Waals surface area (Å²) in [4.78, 5) is 5.14. The van der Waals surface area contributed by atoms with Gasteiger partial charge in [-0.25, -0.2) is 0 Å². The van der Waals surface area contributed by atoms with Crippen molar-refractivity contribution in [2.45, 2.75) is 83.8 Å². The summed E-state index contributed by atoms with van der Waals surface area (Å²) in [5, 5.41) is 10.2. The van der Waals surface area contributed by atoms with Crippen LogP contribution in [0.3, 0.4) is 0 Å². The van der Waals surface area contributed by atoms with E-state index in [2.05, 4.69) is 50.4 Å². The predicted octanol–water partition coefficient (Wildman–Crippen LogP) is 5.88. The van der Waals surface area contributed by atoms with Crippen LogP contribution in [0.4, 0.5) is 0 Å². The van der Waals surface area contributed by atoms with Crippen molar-refractivity contribution in [2.75, 3.05) is 0 Å². The van der Waals surface area contributed by atoms with Crippen molar-refractivity contribution >= 4 is 6.21 Å². The van der Waals surface area contributed by atoms with Crippen LogP contribution < -0.4 is 0 Å². The van der Waals surface area contributed by atoms with Gasteiger partial charge in [0, 0.05) is 6.21 Å². The summed E-state index contributed by atoms with van der Waals surface area (Å²) in [6, 6.07) is 11.1. The highest BCUT2D eigenvalue weighted by molar-refractivity contribution is 5.79. The van der Waals surface area contributed by atoms with Gasteiger partial charge in [0.2, 0.25) is 0 Å². The molecule has 0 bridgehead atoms. The molecule has 4 saturated carbocycles. The Hall–Kier alpha value is -1.15. The highest BCUT2D eigenvalue weighted by atomic mass is 16.3. The van der Waals surface area contributed by atoms with Crippen LogP contribution in [0.25, 0.3) is 0 Å². The lowest BCUT2D eigenvalue weighted by Crippen LogP contribution is -2.54. The first-order chi connectivity index (χ1) is 13.5. The summed E-state index contributed by atoms with van der Waals surface area (Å²) in [5.41, 5.74) is 2.11. The van der Waals surface area contributed by atoms with Crippen LogP contribution in [0.15, 0.2) is 35.3 Å². The summed E-state index contributed by atoms with van der Waals surface area (Å²) in [7, 11) is 0. The maximum Gasteiger partial charge on any atom is 0.0556 e. The first-order valence-corrected chi connectivity index (χ1v) is 11.8. The lowest BCUT2D eigenvalue weighted by atomic mass is 9.45. The molecule has 8 unspecified atom stereocenters. The van der Waals surface area contributed by atoms with Crippen LogP contribution in [0.1, 0.15) is 77.2 Å². The number of aliphatic hydroxyl groups excluding tert-OH is 1. The minimum absolute atomic E-state index is 0.0355. The van der Waals surface area contributed by atoms with Crippen LogP contribution in [0.2, 0.25) is 0 Å². The SMILES string of the molecule is CC12CCC(O)CC1CCC1C2CCC2(C)C(N=Cc3ccccc3)CCC12. The van der Waals surface area contributed by atoms with E-state index >= 15 is 0 Å². The molecule has 0 heterocycles. The van der Waals surface area contributed by atoms with Crippen LogP contribution >= 0.6 is 0 Å². The predicted molar refractivity (Wildman–Crippen MR) is 116 cm³/mol. The zero-order valence-corrected chi connectivity index (χ0v) is 17.7. The molecule has 4 aliphatic rings. The Balaban J connectivity index is 1.36. The van der Waals surface area contributed by atoms with E-state index in [0.29, 0.717) is 16.9 Å². The summed E-state index contributed by atoms with van der Waals surface area (Å²) in [6.07, 6.45) is 13.6. The minimum atomic E-state index is -0.0355. The van der Waals surface area contributed by atoms with E-state index in [0.717, 1.165) is 36.5 Å². The van der Waals surface area contributed by atoms with Gasteiger partial charge in [-0.2, -0.15) is 0 Å². The van der Waals surface area contributed by atoms with Gasteiger partial charge in [0.05, 0.1) is 12.1 Å². The van der Waals surface area contributed by atoms with E-state index in [1.54, 1.807) is 0 Å². The molecule has 0 aromatic heterocycles. The molecular formula is C26H37NO. The molecule has 2 nitrogen and oxygen atoms in total. The molecule has 1 aromatic rings. The molecule has 4 aliphatic carbocycles. The molecule has 0 aliphatic heterocycles. The van der Waals surface area contributed by atoms with Gasteiger partial charge < -0.3 is 5.11 Å². The number of hydrogen-bond acceptors (Lipinski definition) is 2. The molecule has 152 valence electrons. The van der Waals surface area contributed by atoms with Gasteiger partial charge in [-0.05, 0) is 97.9 Å². The van der Waals surface area contributed by atoms with Gasteiger partial charge >= 0.3 is 0 Å². The molecule has 0 radical (unpaired) electrons. The Morgan fingerprint density at radius 1 is 0.893 bits per heavy atom. The molecule has 2 heteroatoms. The average Bonchev–Trinajstić information content (AvgIpc) is 3.04. The van der Waals surface area contributed by atoms with E-state index in [1.807, 2.05) is 0 Å². The summed E-state index contributed by atoms with van der Waals surface area (Å²) < 4.78 is 0. The molecule has 28 heavy (non-hydrogen) atoms. The Labute approximate surface area is 170 Å². The Kier molecular flexibility index (Phi) is 4.69. The molecule has 1 N–H and O–H groups in total. The fourth-order valence-electron chi connectivity index (χ4n) is 8.17. The quantitative estimate of drug-likeness (QED) is 0.640. The number of nitrogens with zero attached hydrogens (tertiary/aromatic N) is 1. The molecular weight excluding hydrogens is 342 g/mol. The highest BCUT2D eigenvalue weighted by Gasteiger charge is 2.60. The molecule has 4 fully saturated rings. The second-order valence-electron chi connectivity index (χ2n) is 10.9. The lowest BCUT2D eigenvalue weighted by Gasteiger charge is -2.60. The van der Waals surface area contributed by atoms with Crippen LogP contribution in [0.5, 0.6) is 0 Å². The van der Waals surface area contributed by atoms with E-state index in [-0.39, 0.29) is 6.10 Å². The molecule has 1 aromatic carbocycles. The third-order valence-corrected chi connectivity index (χ3v) is 9.79. The zero-order chi connectivity index (χ0) is 19.4. The van der Waals surface area contributed by atoms with Crippen molar-refractivity contribution < 1.29 is 5.11 Å². The van der Waals surface area contributed by atoms with E-state index in [1.165, 1.54) is 50.5 Å². The van der Waals surface area contributed by atoms with Gasteiger partial charge in [-0.1, -0.05) is 44.2 Å². The average molecular weight is 380 g/mol. The minimum Gasteiger partial charge on any atom is -0.393 e. The largest absolute Gasteiger partial charge is 0.393 e. The summed E-state index contributed by atoms with van der Waals surface area (Å²) in [5.74, 6) is 3.39. The maximum atomic E-state index is 10.2. The molecule has 8 atom stereocenters. The molecule has 0 saturated heterocycles. The van der Waals surface area contributed by atoms with Crippen molar-refractivity contribution in [1.29, 1.82) is 0 Å². The monoisotopic (exact) mass is 379 g/mol. The fourth-order valence-corrected chi connectivity index (χ4v) is 8.17. The third kappa shape index (κ3) is 2.90. The number of benzene rings is 1. The number of hydrogen-bond donors (Lipinski definition) is 1. The van der Waals surface area contributed by atoms with Crippen molar-refractivity contribution in [3.63, 3.8) is 0 Å². The Bertz CT molecular complexity index is 729. The number of aliphatic imine (C=N–C) groups is 1. The molecule has 0 amide bonds. The maximum absolute atomic E-state index is 10.2. The van der Waals surface area contributed by atoms with Crippen LogP contribution in [-0.4, -0.2) is 23.5 Å². The van der Waals surface area contributed by atoms with Crippen molar-refractivity contribution in [3.8, 4) is 0 Å². The number of rotatable bonds is 2. The first-order valence-electron chi connectivity index (χ1n) is 11.8. The van der Waals surface area contributed by atoms with Gasteiger partial charge in [0.1, 0.15) is 0 Å². The van der Waals surface area contributed by atoms with Crippen LogP contribution in [0, 0.1) is 34.5 Å². The van der Waals surface area contributed by atoms with Gasteiger partial charge in [0.15, 0.2) is 0 Å². The first kappa shape index (κ1) is 18.9. The van der Waals surface area contributed by atoms with E-state index in [4.69, 9.17) is 4.99 Å². The van der Waals surface area contributed by atoms with Crippen molar-refractivity contribution in [1.82, 2.24) is 0 Å². The lowest BCUT2D eigenvalue weighted by molar-refractivity contribution is -0.122.